The van der Waals surface area contributed by atoms with Crippen LogP contribution in [0.5, 0.6) is 0 Å². The van der Waals surface area contributed by atoms with Crippen molar-refractivity contribution < 1.29 is 0 Å². The first-order valence-corrected chi connectivity index (χ1v) is 6.71. The second-order valence-corrected chi connectivity index (χ2v) is 5.11. The molecular weight excluding hydrogens is 238 g/mol. The molecule has 5 nitrogen and oxygen atoms in total. The van der Waals surface area contributed by atoms with E-state index in [9.17, 15) is 0 Å². The SMILES string of the molecule is CC(C)NCc1nnnn1C(C)Cc1ccccc1. The van der Waals surface area contributed by atoms with Crippen LogP contribution >= 0.6 is 0 Å². The number of hydrogen-bond acceptors (Lipinski definition) is 4. The zero-order valence-electron chi connectivity index (χ0n) is 11.7. The zero-order valence-corrected chi connectivity index (χ0v) is 11.7. The molecule has 0 fully saturated rings. The summed E-state index contributed by atoms with van der Waals surface area (Å²) in [6.07, 6.45) is 0.931. The second-order valence-electron chi connectivity index (χ2n) is 5.11. The molecule has 102 valence electrons. The average Bonchev–Trinajstić information content (AvgIpc) is 2.86. The predicted molar refractivity (Wildman–Crippen MR) is 74.6 cm³/mol. The Hall–Kier alpha value is -1.75. The van der Waals surface area contributed by atoms with Gasteiger partial charge in [-0.3, -0.25) is 0 Å². The maximum atomic E-state index is 4.11. The van der Waals surface area contributed by atoms with Gasteiger partial charge in [-0.15, -0.1) is 5.10 Å². The van der Waals surface area contributed by atoms with Crippen molar-refractivity contribution in [3.63, 3.8) is 0 Å². The Morgan fingerprint density at radius 3 is 2.58 bits per heavy atom. The van der Waals surface area contributed by atoms with Crippen LogP contribution in [-0.4, -0.2) is 26.2 Å². The lowest BCUT2D eigenvalue weighted by Crippen LogP contribution is -2.25. The fourth-order valence-electron chi connectivity index (χ4n) is 2.01. The summed E-state index contributed by atoms with van der Waals surface area (Å²) in [6, 6.07) is 11.1. The summed E-state index contributed by atoms with van der Waals surface area (Å²) in [5.74, 6) is 0.886. The molecule has 1 aromatic carbocycles. The summed E-state index contributed by atoms with van der Waals surface area (Å²) in [4.78, 5) is 0. The van der Waals surface area contributed by atoms with Crippen molar-refractivity contribution in [2.75, 3.05) is 0 Å². The van der Waals surface area contributed by atoms with Crippen molar-refractivity contribution in [3.8, 4) is 0 Å². The Balaban J connectivity index is 2.03. The monoisotopic (exact) mass is 259 g/mol. The molecule has 0 bridgehead atoms. The van der Waals surface area contributed by atoms with Crippen molar-refractivity contribution in [1.29, 1.82) is 0 Å². The van der Waals surface area contributed by atoms with E-state index in [1.807, 2.05) is 10.7 Å². The van der Waals surface area contributed by atoms with Crippen molar-refractivity contribution in [3.05, 3.63) is 41.7 Å². The molecule has 0 aliphatic carbocycles. The number of rotatable bonds is 6. The molecule has 0 aliphatic rings. The lowest BCUT2D eigenvalue weighted by molar-refractivity contribution is 0.442. The second kappa shape index (κ2) is 6.43. The quantitative estimate of drug-likeness (QED) is 0.861. The fraction of sp³-hybridized carbons (Fsp3) is 0.500. The Kier molecular flexibility index (Phi) is 4.63. The third-order valence-corrected chi connectivity index (χ3v) is 3.02. The smallest absolute Gasteiger partial charge is 0.165 e. The third kappa shape index (κ3) is 3.86. The third-order valence-electron chi connectivity index (χ3n) is 3.02. The van der Waals surface area contributed by atoms with Crippen molar-refractivity contribution in [1.82, 2.24) is 25.5 Å². The molecule has 1 unspecified atom stereocenters. The first-order valence-electron chi connectivity index (χ1n) is 6.71. The van der Waals surface area contributed by atoms with Gasteiger partial charge in [0, 0.05) is 6.04 Å². The van der Waals surface area contributed by atoms with Gasteiger partial charge in [-0.1, -0.05) is 44.2 Å². The van der Waals surface area contributed by atoms with Crippen LogP contribution < -0.4 is 5.32 Å². The molecule has 1 N–H and O–H groups in total. The Morgan fingerprint density at radius 2 is 1.89 bits per heavy atom. The highest BCUT2D eigenvalue weighted by atomic mass is 15.6. The standard InChI is InChI=1S/C14H21N5/c1-11(2)15-10-14-16-17-18-19(14)12(3)9-13-7-5-4-6-8-13/h4-8,11-12,15H,9-10H2,1-3H3. The van der Waals surface area contributed by atoms with Crippen LogP contribution in [0.25, 0.3) is 0 Å². The minimum Gasteiger partial charge on any atom is -0.308 e. The number of nitrogens with one attached hydrogen (secondary N) is 1. The topological polar surface area (TPSA) is 55.6 Å². The van der Waals surface area contributed by atoms with Crippen LogP contribution in [0.1, 0.15) is 38.2 Å². The van der Waals surface area contributed by atoms with Gasteiger partial charge in [0.15, 0.2) is 5.82 Å². The first-order chi connectivity index (χ1) is 9.16. The van der Waals surface area contributed by atoms with Gasteiger partial charge < -0.3 is 5.32 Å². The van der Waals surface area contributed by atoms with Crippen LogP contribution in [0.3, 0.4) is 0 Å². The van der Waals surface area contributed by atoms with Gasteiger partial charge in [0.1, 0.15) is 0 Å². The van der Waals surface area contributed by atoms with E-state index in [1.165, 1.54) is 5.56 Å². The number of aromatic nitrogens is 4. The van der Waals surface area contributed by atoms with E-state index in [-0.39, 0.29) is 6.04 Å². The van der Waals surface area contributed by atoms with E-state index in [2.05, 4.69) is 65.9 Å². The van der Waals surface area contributed by atoms with Crippen LogP contribution in [-0.2, 0) is 13.0 Å². The summed E-state index contributed by atoms with van der Waals surface area (Å²) in [5, 5.41) is 15.3. The largest absolute Gasteiger partial charge is 0.308 e. The van der Waals surface area contributed by atoms with E-state index in [0.29, 0.717) is 12.6 Å². The Morgan fingerprint density at radius 1 is 1.16 bits per heavy atom. The highest BCUT2D eigenvalue weighted by Crippen LogP contribution is 2.13. The molecule has 1 heterocycles. The molecule has 0 amide bonds. The molecular formula is C14H21N5. The van der Waals surface area contributed by atoms with Crippen molar-refractivity contribution >= 4 is 0 Å². The summed E-state index contributed by atoms with van der Waals surface area (Å²) in [7, 11) is 0. The van der Waals surface area contributed by atoms with Gasteiger partial charge in [0.25, 0.3) is 0 Å². The molecule has 0 spiro atoms. The molecule has 1 aromatic heterocycles. The van der Waals surface area contributed by atoms with Gasteiger partial charge in [0.2, 0.25) is 0 Å². The van der Waals surface area contributed by atoms with Gasteiger partial charge in [0.05, 0.1) is 12.6 Å². The first kappa shape index (κ1) is 13.7. The zero-order chi connectivity index (χ0) is 13.7. The number of hydrogen-bond donors (Lipinski definition) is 1. The van der Waals surface area contributed by atoms with Crippen LogP contribution in [0.15, 0.2) is 30.3 Å². The normalized spacial score (nSPS) is 12.8. The molecule has 5 heteroatoms. The maximum Gasteiger partial charge on any atom is 0.165 e. The van der Waals surface area contributed by atoms with E-state index in [1.54, 1.807) is 0 Å². The Bertz CT molecular complexity index is 492. The van der Waals surface area contributed by atoms with Gasteiger partial charge in [-0.05, 0) is 29.3 Å². The fourth-order valence-corrected chi connectivity index (χ4v) is 2.01. The lowest BCUT2D eigenvalue weighted by Gasteiger charge is -2.14. The minimum atomic E-state index is 0.251. The highest BCUT2D eigenvalue weighted by Gasteiger charge is 2.13. The van der Waals surface area contributed by atoms with Gasteiger partial charge >= 0.3 is 0 Å². The van der Waals surface area contributed by atoms with E-state index < -0.39 is 0 Å². The molecule has 19 heavy (non-hydrogen) atoms. The molecule has 0 saturated carbocycles. The molecule has 1 atom stereocenters. The summed E-state index contributed by atoms with van der Waals surface area (Å²) in [5.41, 5.74) is 1.30. The number of benzene rings is 1. The van der Waals surface area contributed by atoms with E-state index >= 15 is 0 Å². The van der Waals surface area contributed by atoms with Crippen LogP contribution in [0.2, 0.25) is 0 Å². The molecule has 0 saturated heterocycles. The van der Waals surface area contributed by atoms with Gasteiger partial charge in [-0.25, -0.2) is 4.68 Å². The van der Waals surface area contributed by atoms with Gasteiger partial charge in [-0.2, -0.15) is 0 Å². The summed E-state index contributed by atoms with van der Waals surface area (Å²) >= 11 is 0. The minimum absolute atomic E-state index is 0.251. The molecule has 0 radical (unpaired) electrons. The Labute approximate surface area is 114 Å². The van der Waals surface area contributed by atoms with E-state index in [0.717, 1.165) is 12.2 Å². The lowest BCUT2D eigenvalue weighted by atomic mass is 10.1. The summed E-state index contributed by atoms with van der Waals surface area (Å²) in [6.45, 7) is 7.06. The molecule has 2 rings (SSSR count). The summed E-state index contributed by atoms with van der Waals surface area (Å²) < 4.78 is 1.91. The average molecular weight is 259 g/mol. The highest BCUT2D eigenvalue weighted by molar-refractivity contribution is 5.15. The van der Waals surface area contributed by atoms with Crippen molar-refractivity contribution in [2.45, 2.75) is 45.8 Å². The number of tetrazole rings is 1. The molecule has 0 aliphatic heterocycles. The predicted octanol–water partition coefficient (Wildman–Crippen LogP) is 1.97. The van der Waals surface area contributed by atoms with Crippen molar-refractivity contribution in [2.24, 2.45) is 0 Å². The maximum absolute atomic E-state index is 4.11. The van der Waals surface area contributed by atoms with Crippen LogP contribution in [0, 0.1) is 0 Å². The number of nitrogens with zero attached hydrogens (tertiary/aromatic N) is 4. The molecule has 2 aromatic rings. The van der Waals surface area contributed by atoms with E-state index in [4.69, 9.17) is 0 Å². The van der Waals surface area contributed by atoms with Crippen LogP contribution in [0.4, 0.5) is 0 Å².